The highest BCUT2D eigenvalue weighted by atomic mass is 19.4. The van der Waals surface area contributed by atoms with Crippen molar-refractivity contribution in [3.8, 4) is 12.3 Å². The number of benzene rings is 1. The van der Waals surface area contributed by atoms with E-state index in [1.807, 2.05) is 0 Å². The Morgan fingerprint density at radius 3 is 2.18 bits per heavy atom. The van der Waals surface area contributed by atoms with Gasteiger partial charge < -0.3 is 4.74 Å². The van der Waals surface area contributed by atoms with E-state index in [2.05, 4.69) is 5.92 Å². The molecule has 0 aliphatic carbocycles. The summed E-state index contributed by atoms with van der Waals surface area (Å²) in [6.45, 7) is 5.09. The first-order valence-electron chi connectivity index (χ1n) is 6.56. The van der Waals surface area contributed by atoms with Crippen LogP contribution < -0.4 is 0 Å². The molecule has 1 aromatic carbocycles. The summed E-state index contributed by atoms with van der Waals surface area (Å²) in [6.07, 6.45) is 3.01. The molecule has 1 rings (SSSR count). The molecule has 118 valence electrons. The number of carbonyl (C=O) groups is 1. The van der Waals surface area contributed by atoms with Crippen LogP contribution in [0, 0.1) is 17.8 Å². The molecule has 5 heteroatoms. The van der Waals surface area contributed by atoms with Crippen LogP contribution in [-0.4, -0.2) is 12.1 Å². The molecule has 0 N–H and O–H groups in total. The molecule has 0 heterocycles. The van der Waals surface area contributed by atoms with E-state index in [-0.39, 0.29) is 0 Å². The van der Waals surface area contributed by atoms with Crippen molar-refractivity contribution >= 4 is 12.0 Å². The Balaban J connectivity index is 2.78. The standard InChI is InChI=1S/C17H17F3O2/c1-5-14(22-15(21)16(2,3)4)11-8-12-6-9-13(10-7-12)17(18,19)20/h1,6-11,14H,2-4H3/b11-8+. The maximum absolute atomic E-state index is 12.4. The lowest BCUT2D eigenvalue weighted by molar-refractivity contribution is -0.154. The van der Waals surface area contributed by atoms with Crippen LogP contribution in [-0.2, 0) is 15.7 Å². The van der Waals surface area contributed by atoms with Crippen molar-refractivity contribution in [2.75, 3.05) is 0 Å². The lowest BCUT2D eigenvalue weighted by Crippen LogP contribution is -2.26. The second-order valence-corrected chi connectivity index (χ2v) is 5.72. The van der Waals surface area contributed by atoms with E-state index in [4.69, 9.17) is 11.2 Å². The van der Waals surface area contributed by atoms with Crippen molar-refractivity contribution in [3.63, 3.8) is 0 Å². The van der Waals surface area contributed by atoms with Gasteiger partial charge in [0.2, 0.25) is 0 Å². The first-order chi connectivity index (χ1) is 10.0. The SMILES string of the molecule is C#CC(/C=C/c1ccc(C(F)(F)F)cc1)OC(=O)C(C)(C)C. The van der Waals surface area contributed by atoms with Gasteiger partial charge in [-0.25, -0.2) is 0 Å². The summed E-state index contributed by atoms with van der Waals surface area (Å²) in [4.78, 5) is 11.7. The van der Waals surface area contributed by atoms with E-state index >= 15 is 0 Å². The molecule has 1 atom stereocenters. The summed E-state index contributed by atoms with van der Waals surface area (Å²) in [5.41, 5.74) is -0.880. The molecule has 0 saturated heterocycles. The van der Waals surface area contributed by atoms with Crippen LogP contribution in [0.25, 0.3) is 6.08 Å². The van der Waals surface area contributed by atoms with Gasteiger partial charge in [-0.2, -0.15) is 13.2 Å². The number of halogens is 3. The first-order valence-corrected chi connectivity index (χ1v) is 6.56. The average molecular weight is 310 g/mol. The summed E-state index contributed by atoms with van der Waals surface area (Å²) in [6, 6.07) is 4.59. The van der Waals surface area contributed by atoms with E-state index in [9.17, 15) is 18.0 Å². The first kappa shape index (κ1) is 17.8. The quantitative estimate of drug-likeness (QED) is 0.614. The van der Waals surface area contributed by atoms with Crippen LogP contribution in [0.15, 0.2) is 30.3 Å². The Hall–Kier alpha value is -2.22. The number of rotatable bonds is 3. The maximum atomic E-state index is 12.4. The molecular formula is C17H17F3O2. The smallest absolute Gasteiger partial charge is 0.416 e. The Labute approximate surface area is 128 Å². The Kier molecular flexibility index (Phi) is 5.43. The maximum Gasteiger partial charge on any atom is 0.416 e. The molecular weight excluding hydrogens is 293 g/mol. The van der Waals surface area contributed by atoms with E-state index in [0.29, 0.717) is 5.56 Å². The van der Waals surface area contributed by atoms with Gasteiger partial charge in [0, 0.05) is 0 Å². The fraction of sp³-hybridized carbons (Fsp3) is 0.353. The van der Waals surface area contributed by atoms with Crippen LogP contribution >= 0.6 is 0 Å². The molecule has 0 aliphatic rings. The van der Waals surface area contributed by atoms with E-state index in [1.165, 1.54) is 24.3 Å². The summed E-state index contributed by atoms with van der Waals surface area (Å²) in [5.74, 6) is 1.85. The minimum atomic E-state index is -4.37. The van der Waals surface area contributed by atoms with Crippen molar-refractivity contribution in [2.24, 2.45) is 5.41 Å². The molecule has 0 fully saturated rings. The van der Waals surface area contributed by atoms with Gasteiger partial charge in [-0.15, -0.1) is 6.42 Å². The van der Waals surface area contributed by atoms with Crippen LogP contribution in [0.3, 0.4) is 0 Å². The second kappa shape index (κ2) is 6.69. The molecule has 22 heavy (non-hydrogen) atoms. The normalized spacial score (nSPS) is 13.7. The Morgan fingerprint density at radius 1 is 1.23 bits per heavy atom. The van der Waals surface area contributed by atoms with Crippen LogP contribution in [0.1, 0.15) is 31.9 Å². The fourth-order valence-corrected chi connectivity index (χ4v) is 1.40. The molecule has 0 amide bonds. The predicted octanol–water partition coefficient (Wildman–Crippen LogP) is 4.31. The van der Waals surface area contributed by atoms with Crippen molar-refractivity contribution < 1.29 is 22.7 Å². The highest BCUT2D eigenvalue weighted by molar-refractivity contribution is 5.76. The second-order valence-electron chi connectivity index (χ2n) is 5.72. The fourth-order valence-electron chi connectivity index (χ4n) is 1.40. The van der Waals surface area contributed by atoms with Gasteiger partial charge in [-0.05, 0) is 44.5 Å². The van der Waals surface area contributed by atoms with Gasteiger partial charge in [-0.1, -0.05) is 24.1 Å². The zero-order chi connectivity index (χ0) is 17.0. The molecule has 0 radical (unpaired) electrons. The van der Waals surface area contributed by atoms with Crippen molar-refractivity contribution in [1.29, 1.82) is 0 Å². The predicted molar refractivity (Wildman–Crippen MR) is 78.6 cm³/mol. The van der Waals surface area contributed by atoms with E-state index in [1.54, 1.807) is 20.8 Å². The van der Waals surface area contributed by atoms with E-state index < -0.39 is 29.2 Å². The van der Waals surface area contributed by atoms with Gasteiger partial charge in [-0.3, -0.25) is 4.79 Å². The largest absolute Gasteiger partial charge is 0.444 e. The third kappa shape index (κ3) is 5.28. The summed E-state index contributed by atoms with van der Waals surface area (Å²) in [7, 11) is 0. The van der Waals surface area contributed by atoms with Crippen molar-refractivity contribution in [1.82, 2.24) is 0 Å². The number of hydrogen-bond acceptors (Lipinski definition) is 2. The lowest BCUT2D eigenvalue weighted by atomic mass is 9.97. The minimum absolute atomic E-state index is 0.451. The van der Waals surface area contributed by atoms with Gasteiger partial charge >= 0.3 is 12.1 Å². The summed E-state index contributed by atoms with van der Waals surface area (Å²) in [5, 5.41) is 0. The van der Waals surface area contributed by atoms with Gasteiger partial charge in [0.15, 0.2) is 6.10 Å². The molecule has 1 aromatic rings. The minimum Gasteiger partial charge on any atom is -0.444 e. The highest BCUT2D eigenvalue weighted by Gasteiger charge is 2.29. The van der Waals surface area contributed by atoms with Crippen LogP contribution in [0.5, 0.6) is 0 Å². The zero-order valence-corrected chi connectivity index (χ0v) is 12.6. The monoisotopic (exact) mass is 310 g/mol. The molecule has 1 unspecified atom stereocenters. The number of alkyl halides is 3. The number of hydrogen-bond donors (Lipinski definition) is 0. The molecule has 0 aromatic heterocycles. The molecule has 0 saturated carbocycles. The summed E-state index contributed by atoms with van der Waals surface area (Å²) >= 11 is 0. The Morgan fingerprint density at radius 2 is 1.77 bits per heavy atom. The van der Waals surface area contributed by atoms with Crippen molar-refractivity contribution in [2.45, 2.75) is 33.1 Å². The van der Waals surface area contributed by atoms with Crippen LogP contribution in [0.4, 0.5) is 13.2 Å². The third-order valence-corrected chi connectivity index (χ3v) is 2.71. The average Bonchev–Trinajstić information content (AvgIpc) is 2.41. The lowest BCUT2D eigenvalue weighted by Gasteiger charge is -2.18. The summed E-state index contributed by atoms with van der Waals surface area (Å²) < 4.78 is 42.4. The van der Waals surface area contributed by atoms with E-state index in [0.717, 1.165) is 12.1 Å². The van der Waals surface area contributed by atoms with Gasteiger partial charge in [0.1, 0.15) is 0 Å². The molecule has 2 nitrogen and oxygen atoms in total. The topological polar surface area (TPSA) is 26.3 Å². The molecule has 0 spiro atoms. The number of ether oxygens (including phenoxy) is 1. The van der Waals surface area contributed by atoms with Crippen molar-refractivity contribution in [3.05, 3.63) is 41.5 Å². The zero-order valence-electron chi connectivity index (χ0n) is 12.6. The van der Waals surface area contributed by atoms with Crippen LogP contribution in [0.2, 0.25) is 0 Å². The Bertz CT molecular complexity index is 584. The van der Waals surface area contributed by atoms with Gasteiger partial charge in [0.25, 0.3) is 0 Å². The van der Waals surface area contributed by atoms with Gasteiger partial charge in [0.05, 0.1) is 11.0 Å². The number of esters is 1. The molecule has 0 aliphatic heterocycles. The molecule has 0 bridgehead atoms. The number of terminal acetylenes is 1. The third-order valence-electron chi connectivity index (χ3n) is 2.71. The highest BCUT2D eigenvalue weighted by Crippen LogP contribution is 2.29. The number of carbonyl (C=O) groups excluding carboxylic acids is 1.